The van der Waals surface area contributed by atoms with E-state index >= 15 is 0 Å². The first-order chi connectivity index (χ1) is 8.29. The third-order valence-electron chi connectivity index (χ3n) is 3.99. The van der Waals surface area contributed by atoms with Crippen LogP contribution in [0.25, 0.3) is 0 Å². The fourth-order valence-electron chi connectivity index (χ4n) is 2.99. The number of hydrogen-bond donors (Lipinski definition) is 1. The summed E-state index contributed by atoms with van der Waals surface area (Å²) >= 11 is 0. The summed E-state index contributed by atoms with van der Waals surface area (Å²) in [7, 11) is 1.97. The van der Waals surface area contributed by atoms with Gasteiger partial charge in [0.2, 0.25) is 0 Å². The van der Waals surface area contributed by atoms with Gasteiger partial charge in [-0.25, -0.2) is 0 Å². The molecule has 3 heteroatoms. The van der Waals surface area contributed by atoms with Crippen molar-refractivity contribution in [1.82, 2.24) is 15.1 Å². The average molecular weight is 235 g/mol. The fourth-order valence-corrected chi connectivity index (χ4v) is 2.99. The lowest BCUT2D eigenvalue weighted by Crippen LogP contribution is -2.36. The minimum Gasteiger partial charge on any atom is -0.310 e. The number of aromatic nitrogens is 2. The van der Waals surface area contributed by atoms with Gasteiger partial charge in [-0.2, -0.15) is 5.10 Å². The summed E-state index contributed by atoms with van der Waals surface area (Å²) in [6, 6.07) is 0.690. The number of rotatable bonds is 5. The third kappa shape index (κ3) is 3.56. The van der Waals surface area contributed by atoms with Gasteiger partial charge in [0.1, 0.15) is 0 Å². The Balaban J connectivity index is 1.82. The van der Waals surface area contributed by atoms with Gasteiger partial charge < -0.3 is 5.32 Å². The van der Waals surface area contributed by atoms with Gasteiger partial charge >= 0.3 is 0 Å². The summed E-state index contributed by atoms with van der Waals surface area (Å²) in [4.78, 5) is 0. The van der Waals surface area contributed by atoms with Crippen LogP contribution in [0.15, 0.2) is 12.4 Å². The second-order valence-corrected chi connectivity index (χ2v) is 5.32. The average Bonchev–Trinajstić information content (AvgIpc) is 2.77. The van der Waals surface area contributed by atoms with Gasteiger partial charge in [-0.15, -0.1) is 0 Å². The van der Waals surface area contributed by atoms with E-state index in [-0.39, 0.29) is 0 Å². The van der Waals surface area contributed by atoms with E-state index in [1.807, 2.05) is 17.9 Å². The number of hydrogen-bond acceptors (Lipinski definition) is 2. The molecule has 0 spiro atoms. The van der Waals surface area contributed by atoms with E-state index in [9.17, 15) is 0 Å². The molecule has 0 amide bonds. The molecule has 1 saturated carbocycles. The highest BCUT2D eigenvalue weighted by molar-refractivity contribution is 5.03. The smallest absolute Gasteiger partial charge is 0.0534 e. The van der Waals surface area contributed by atoms with Crippen molar-refractivity contribution in [1.29, 1.82) is 0 Å². The SMILES string of the molecule is CCC(NCc1cnn(C)c1)C1CCCCC1. The summed E-state index contributed by atoms with van der Waals surface area (Å²) in [5.41, 5.74) is 1.29. The maximum atomic E-state index is 4.21. The Hall–Kier alpha value is -0.830. The van der Waals surface area contributed by atoms with Crippen molar-refractivity contribution in [3.05, 3.63) is 18.0 Å². The molecule has 1 aromatic rings. The van der Waals surface area contributed by atoms with Crippen molar-refractivity contribution in [3.63, 3.8) is 0 Å². The van der Waals surface area contributed by atoms with Crippen LogP contribution in [0, 0.1) is 5.92 Å². The topological polar surface area (TPSA) is 29.9 Å². The lowest BCUT2D eigenvalue weighted by Gasteiger charge is -2.30. The van der Waals surface area contributed by atoms with Crippen molar-refractivity contribution >= 4 is 0 Å². The molecule has 2 rings (SSSR count). The van der Waals surface area contributed by atoms with Crippen LogP contribution in [-0.2, 0) is 13.6 Å². The molecule has 1 fully saturated rings. The first-order valence-corrected chi connectivity index (χ1v) is 7.00. The molecule has 1 N–H and O–H groups in total. The van der Waals surface area contributed by atoms with E-state index in [0.29, 0.717) is 6.04 Å². The van der Waals surface area contributed by atoms with Crippen LogP contribution in [-0.4, -0.2) is 15.8 Å². The molecule has 1 unspecified atom stereocenters. The summed E-state index contributed by atoms with van der Waals surface area (Å²) in [6.07, 6.45) is 12.4. The van der Waals surface area contributed by atoms with E-state index in [1.165, 1.54) is 44.1 Å². The monoisotopic (exact) mass is 235 g/mol. The van der Waals surface area contributed by atoms with Crippen molar-refractivity contribution in [2.45, 2.75) is 58.0 Å². The van der Waals surface area contributed by atoms with Crippen LogP contribution >= 0.6 is 0 Å². The Bertz CT molecular complexity index is 326. The Morgan fingerprint density at radius 3 is 2.76 bits per heavy atom. The standard InChI is InChI=1S/C14H25N3/c1-3-14(13-7-5-4-6-8-13)15-9-12-10-16-17(2)11-12/h10-11,13-15H,3-9H2,1-2H3. The van der Waals surface area contributed by atoms with Gasteiger partial charge in [0, 0.05) is 31.4 Å². The zero-order valence-corrected chi connectivity index (χ0v) is 11.2. The molecule has 1 aromatic heterocycles. The van der Waals surface area contributed by atoms with Gasteiger partial charge in [-0.1, -0.05) is 26.2 Å². The molecule has 1 aliphatic rings. The molecule has 96 valence electrons. The molecule has 0 aromatic carbocycles. The summed E-state index contributed by atoms with van der Waals surface area (Å²) in [5.74, 6) is 0.894. The summed E-state index contributed by atoms with van der Waals surface area (Å²) in [6.45, 7) is 3.26. The van der Waals surface area contributed by atoms with E-state index in [4.69, 9.17) is 0 Å². The van der Waals surface area contributed by atoms with Crippen LogP contribution < -0.4 is 5.32 Å². The largest absolute Gasteiger partial charge is 0.310 e. The van der Waals surface area contributed by atoms with E-state index < -0.39 is 0 Å². The summed E-state index contributed by atoms with van der Waals surface area (Å²) in [5, 5.41) is 7.92. The maximum Gasteiger partial charge on any atom is 0.0534 e. The Morgan fingerprint density at radius 2 is 2.18 bits per heavy atom. The molecule has 0 aliphatic heterocycles. The molecule has 1 heterocycles. The van der Waals surface area contributed by atoms with Crippen LogP contribution in [0.2, 0.25) is 0 Å². The Labute approximate surface area is 105 Å². The minimum atomic E-state index is 0.690. The van der Waals surface area contributed by atoms with Gasteiger partial charge in [0.05, 0.1) is 6.20 Å². The van der Waals surface area contributed by atoms with Crippen molar-refractivity contribution in [2.24, 2.45) is 13.0 Å². The maximum absolute atomic E-state index is 4.21. The molecule has 1 atom stereocenters. The molecular weight excluding hydrogens is 210 g/mol. The molecule has 0 bridgehead atoms. The molecule has 0 saturated heterocycles. The summed E-state index contributed by atoms with van der Waals surface area (Å²) < 4.78 is 1.87. The zero-order valence-electron chi connectivity index (χ0n) is 11.2. The number of nitrogens with zero attached hydrogens (tertiary/aromatic N) is 2. The highest BCUT2D eigenvalue weighted by atomic mass is 15.2. The van der Waals surface area contributed by atoms with Gasteiger partial charge in [-0.3, -0.25) is 4.68 Å². The van der Waals surface area contributed by atoms with Crippen LogP contribution in [0.1, 0.15) is 51.0 Å². The lowest BCUT2D eigenvalue weighted by molar-refractivity contribution is 0.261. The quantitative estimate of drug-likeness (QED) is 0.850. The molecular formula is C14H25N3. The zero-order chi connectivity index (χ0) is 12.1. The van der Waals surface area contributed by atoms with Crippen molar-refractivity contribution in [2.75, 3.05) is 0 Å². The molecule has 1 aliphatic carbocycles. The fraction of sp³-hybridized carbons (Fsp3) is 0.786. The first kappa shape index (κ1) is 12.6. The Morgan fingerprint density at radius 1 is 1.41 bits per heavy atom. The van der Waals surface area contributed by atoms with Crippen molar-refractivity contribution < 1.29 is 0 Å². The van der Waals surface area contributed by atoms with Crippen LogP contribution in [0.5, 0.6) is 0 Å². The Kier molecular flexibility index (Phi) is 4.60. The van der Waals surface area contributed by atoms with Crippen LogP contribution in [0.3, 0.4) is 0 Å². The minimum absolute atomic E-state index is 0.690. The normalized spacial score (nSPS) is 19.4. The number of nitrogens with one attached hydrogen (secondary N) is 1. The number of aryl methyl sites for hydroxylation is 1. The predicted octanol–water partition coefficient (Wildman–Crippen LogP) is 2.87. The molecule has 0 radical (unpaired) electrons. The first-order valence-electron chi connectivity index (χ1n) is 7.00. The van der Waals surface area contributed by atoms with Gasteiger partial charge in [0.25, 0.3) is 0 Å². The second kappa shape index (κ2) is 6.20. The third-order valence-corrected chi connectivity index (χ3v) is 3.99. The van der Waals surface area contributed by atoms with Crippen molar-refractivity contribution in [3.8, 4) is 0 Å². The van der Waals surface area contributed by atoms with E-state index in [1.54, 1.807) is 0 Å². The van der Waals surface area contributed by atoms with E-state index in [2.05, 4.69) is 23.5 Å². The van der Waals surface area contributed by atoms with Gasteiger partial charge in [0.15, 0.2) is 0 Å². The van der Waals surface area contributed by atoms with E-state index in [0.717, 1.165) is 12.5 Å². The molecule has 17 heavy (non-hydrogen) atoms. The second-order valence-electron chi connectivity index (χ2n) is 5.32. The predicted molar refractivity (Wildman–Crippen MR) is 70.7 cm³/mol. The highest BCUT2D eigenvalue weighted by Gasteiger charge is 2.21. The highest BCUT2D eigenvalue weighted by Crippen LogP contribution is 2.27. The van der Waals surface area contributed by atoms with Gasteiger partial charge in [-0.05, 0) is 25.2 Å². The lowest BCUT2D eigenvalue weighted by atomic mass is 9.83. The van der Waals surface area contributed by atoms with Crippen LogP contribution in [0.4, 0.5) is 0 Å². The molecule has 3 nitrogen and oxygen atoms in total.